The molecule has 0 bridgehead atoms. The summed E-state index contributed by atoms with van der Waals surface area (Å²) in [6.45, 7) is 7.56. The van der Waals surface area contributed by atoms with Crippen molar-refractivity contribution in [3.05, 3.63) is 17.5 Å². The Hall–Kier alpha value is -1.16. The molecular formula is C17H28N2O2. The number of ether oxygens (including phenoxy) is 1. The zero-order valence-corrected chi connectivity index (χ0v) is 13.7. The first-order chi connectivity index (χ1) is 10.1. The van der Waals surface area contributed by atoms with Crippen LogP contribution >= 0.6 is 0 Å². The number of Topliss-reactive ketones (excluding diaryl/α,β-unsaturated/α-hetero) is 1. The summed E-state index contributed by atoms with van der Waals surface area (Å²) in [6, 6.07) is 2.07. The Labute approximate surface area is 127 Å². The van der Waals surface area contributed by atoms with Crippen molar-refractivity contribution in [2.24, 2.45) is 0 Å². The number of aryl methyl sites for hydroxylation is 2. The van der Waals surface area contributed by atoms with Crippen molar-refractivity contribution in [2.75, 3.05) is 6.61 Å². The molecule has 0 saturated heterocycles. The lowest BCUT2D eigenvalue weighted by Gasteiger charge is -2.35. The zero-order valence-electron chi connectivity index (χ0n) is 13.7. The van der Waals surface area contributed by atoms with E-state index in [0.717, 1.165) is 50.0 Å². The van der Waals surface area contributed by atoms with E-state index in [2.05, 4.69) is 25.0 Å². The van der Waals surface area contributed by atoms with Crippen LogP contribution in [0, 0.1) is 0 Å². The predicted octanol–water partition coefficient (Wildman–Crippen LogP) is 3.32. The van der Waals surface area contributed by atoms with Crippen LogP contribution in [0.3, 0.4) is 0 Å². The smallest absolute Gasteiger partial charge is 0.170 e. The van der Waals surface area contributed by atoms with Crippen molar-refractivity contribution in [1.29, 1.82) is 0 Å². The van der Waals surface area contributed by atoms with Gasteiger partial charge in [0, 0.05) is 18.8 Å². The molecule has 0 atom stereocenters. The number of carbonyl (C=O) groups excluding carboxylic acids is 1. The number of hydrogen-bond acceptors (Lipinski definition) is 3. The average Bonchev–Trinajstić information content (AvgIpc) is 2.90. The van der Waals surface area contributed by atoms with E-state index in [-0.39, 0.29) is 5.78 Å². The molecule has 1 aromatic heterocycles. The van der Waals surface area contributed by atoms with Gasteiger partial charge in [0.2, 0.25) is 0 Å². The topological polar surface area (TPSA) is 44.1 Å². The van der Waals surface area contributed by atoms with Crippen molar-refractivity contribution in [3.8, 4) is 0 Å². The first-order valence-corrected chi connectivity index (χ1v) is 8.38. The van der Waals surface area contributed by atoms with Crippen LogP contribution in [0.15, 0.2) is 6.07 Å². The largest absolute Gasteiger partial charge is 0.367 e. The third-order valence-electron chi connectivity index (χ3n) is 4.51. The average molecular weight is 292 g/mol. The summed E-state index contributed by atoms with van der Waals surface area (Å²) < 4.78 is 7.89. The first-order valence-electron chi connectivity index (χ1n) is 8.38. The molecule has 1 fully saturated rings. The lowest BCUT2D eigenvalue weighted by Crippen LogP contribution is -2.44. The lowest BCUT2D eigenvalue weighted by molar-refractivity contribution is -0.148. The van der Waals surface area contributed by atoms with Crippen LogP contribution in [0.5, 0.6) is 0 Å². The second-order valence-corrected chi connectivity index (χ2v) is 5.88. The molecular weight excluding hydrogens is 264 g/mol. The van der Waals surface area contributed by atoms with Crippen LogP contribution in [-0.4, -0.2) is 27.8 Å². The van der Waals surface area contributed by atoms with E-state index in [0.29, 0.717) is 13.0 Å². The maximum Gasteiger partial charge on any atom is 0.170 e. The van der Waals surface area contributed by atoms with Crippen LogP contribution in [-0.2, 0) is 28.9 Å². The Bertz CT molecular complexity index is 468. The van der Waals surface area contributed by atoms with Crippen LogP contribution in [0.1, 0.15) is 64.3 Å². The third kappa shape index (κ3) is 3.54. The molecule has 4 heteroatoms. The molecule has 0 aromatic carbocycles. The molecule has 1 heterocycles. The normalized spacial score (nSPS) is 17.9. The molecule has 2 rings (SSSR count). The molecule has 21 heavy (non-hydrogen) atoms. The summed E-state index contributed by atoms with van der Waals surface area (Å²) in [5.74, 6) is 0.237. The van der Waals surface area contributed by atoms with E-state index in [1.54, 1.807) is 0 Å². The van der Waals surface area contributed by atoms with E-state index < -0.39 is 5.60 Å². The van der Waals surface area contributed by atoms with Crippen molar-refractivity contribution < 1.29 is 9.53 Å². The van der Waals surface area contributed by atoms with E-state index in [4.69, 9.17) is 4.74 Å². The van der Waals surface area contributed by atoms with Gasteiger partial charge in [0.1, 0.15) is 5.60 Å². The fourth-order valence-electron chi connectivity index (χ4n) is 3.33. The Morgan fingerprint density at radius 2 is 2.00 bits per heavy atom. The Morgan fingerprint density at radius 3 is 2.57 bits per heavy atom. The molecule has 1 aliphatic rings. The van der Waals surface area contributed by atoms with Gasteiger partial charge in [-0.3, -0.25) is 9.48 Å². The van der Waals surface area contributed by atoms with Crippen LogP contribution < -0.4 is 0 Å². The van der Waals surface area contributed by atoms with Crippen LogP contribution in [0.4, 0.5) is 0 Å². The molecule has 1 aromatic rings. The molecule has 0 aliphatic heterocycles. The van der Waals surface area contributed by atoms with Crippen molar-refractivity contribution in [3.63, 3.8) is 0 Å². The minimum atomic E-state index is -0.539. The summed E-state index contributed by atoms with van der Waals surface area (Å²) in [6.07, 6.45) is 6.51. The number of nitrogens with zero attached hydrogens (tertiary/aromatic N) is 2. The highest BCUT2D eigenvalue weighted by molar-refractivity contribution is 5.89. The highest BCUT2D eigenvalue weighted by Crippen LogP contribution is 2.33. The van der Waals surface area contributed by atoms with Gasteiger partial charge in [0.05, 0.1) is 12.1 Å². The Balaban J connectivity index is 2.16. The van der Waals surface area contributed by atoms with Gasteiger partial charge in [-0.05, 0) is 39.2 Å². The minimum absolute atomic E-state index is 0.237. The summed E-state index contributed by atoms with van der Waals surface area (Å²) in [5, 5.41) is 4.54. The fourth-order valence-corrected chi connectivity index (χ4v) is 3.33. The quantitative estimate of drug-likeness (QED) is 0.774. The standard InChI is InChI=1S/C17H28N2O2/c1-4-14-12-15(19(5-2)18-14)13-16(20)17(21-6-3)10-8-7-9-11-17/h12H,4-11,13H2,1-3H3. The van der Waals surface area contributed by atoms with Crippen molar-refractivity contribution in [2.45, 2.75) is 77.9 Å². The van der Waals surface area contributed by atoms with Gasteiger partial charge in [-0.15, -0.1) is 0 Å². The maximum atomic E-state index is 12.9. The predicted molar refractivity (Wildman–Crippen MR) is 83.4 cm³/mol. The molecule has 0 amide bonds. The van der Waals surface area contributed by atoms with Gasteiger partial charge in [-0.25, -0.2) is 0 Å². The highest BCUT2D eigenvalue weighted by atomic mass is 16.5. The Morgan fingerprint density at radius 1 is 1.29 bits per heavy atom. The SMILES string of the molecule is CCOC1(C(=O)Cc2cc(CC)nn2CC)CCCCC1. The zero-order chi connectivity index (χ0) is 15.3. The van der Waals surface area contributed by atoms with E-state index in [1.807, 2.05) is 11.6 Å². The summed E-state index contributed by atoms with van der Waals surface area (Å²) in [4.78, 5) is 12.9. The third-order valence-corrected chi connectivity index (χ3v) is 4.51. The number of carbonyl (C=O) groups is 1. The van der Waals surface area contributed by atoms with Gasteiger partial charge in [0.15, 0.2) is 5.78 Å². The molecule has 0 spiro atoms. The van der Waals surface area contributed by atoms with Crippen molar-refractivity contribution >= 4 is 5.78 Å². The molecule has 0 unspecified atom stereocenters. The first kappa shape index (κ1) is 16.2. The number of aromatic nitrogens is 2. The van der Waals surface area contributed by atoms with Crippen LogP contribution in [0.2, 0.25) is 0 Å². The van der Waals surface area contributed by atoms with E-state index >= 15 is 0 Å². The van der Waals surface area contributed by atoms with E-state index in [1.165, 1.54) is 6.42 Å². The fraction of sp³-hybridized carbons (Fsp3) is 0.765. The molecule has 0 N–H and O–H groups in total. The molecule has 1 saturated carbocycles. The summed E-state index contributed by atoms with van der Waals surface area (Å²) in [5.41, 5.74) is 1.56. The number of rotatable bonds is 7. The van der Waals surface area contributed by atoms with Gasteiger partial charge >= 0.3 is 0 Å². The summed E-state index contributed by atoms with van der Waals surface area (Å²) >= 11 is 0. The van der Waals surface area contributed by atoms with Gasteiger partial charge < -0.3 is 4.74 Å². The second kappa shape index (κ2) is 7.21. The maximum absolute atomic E-state index is 12.9. The molecule has 1 aliphatic carbocycles. The van der Waals surface area contributed by atoms with E-state index in [9.17, 15) is 4.79 Å². The van der Waals surface area contributed by atoms with Gasteiger partial charge in [-0.2, -0.15) is 5.10 Å². The lowest BCUT2D eigenvalue weighted by atomic mass is 9.80. The highest BCUT2D eigenvalue weighted by Gasteiger charge is 2.40. The van der Waals surface area contributed by atoms with Crippen molar-refractivity contribution in [1.82, 2.24) is 9.78 Å². The molecule has 118 valence electrons. The molecule has 4 nitrogen and oxygen atoms in total. The summed E-state index contributed by atoms with van der Waals surface area (Å²) in [7, 11) is 0. The monoisotopic (exact) mass is 292 g/mol. The number of hydrogen-bond donors (Lipinski definition) is 0. The Kier molecular flexibility index (Phi) is 5.57. The number of ketones is 1. The van der Waals surface area contributed by atoms with Crippen LogP contribution in [0.25, 0.3) is 0 Å². The second-order valence-electron chi connectivity index (χ2n) is 5.88. The van der Waals surface area contributed by atoms with Gasteiger partial charge in [0.25, 0.3) is 0 Å². The van der Waals surface area contributed by atoms with Gasteiger partial charge in [-0.1, -0.05) is 26.2 Å². The minimum Gasteiger partial charge on any atom is -0.367 e. The molecule has 0 radical (unpaired) electrons.